The Morgan fingerprint density at radius 1 is 1.17 bits per heavy atom. The van der Waals surface area contributed by atoms with Crippen molar-refractivity contribution >= 4 is 16.9 Å². The van der Waals surface area contributed by atoms with Gasteiger partial charge in [0.15, 0.2) is 5.17 Å². The smallest absolute Gasteiger partial charge is 0.160 e. The lowest BCUT2D eigenvalue weighted by Crippen LogP contribution is -2.28. The summed E-state index contributed by atoms with van der Waals surface area (Å²) in [4.78, 5) is 12.1. The van der Waals surface area contributed by atoms with E-state index in [9.17, 15) is 0 Å². The molecule has 1 saturated heterocycles. The molecule has 1 fully saturated rings. The third kappa shape index (κ3) is 2.65. The van der Waals surface area contributed by atoms with Crippen molar-refractivity contribution in [3.63, 3.8) is 0 Å². The van der Waals surface area contributed by atoms with Gasteiger partial charge < -0.3 is 4.90 Å². The lowest BCUT2D eigenvalue weighted by molar-refractivity contribution is 0.321. The number of fused-ring (bicyclic) bond motifs is 1. The minimum absolute atomic E-state index is 0.0960. The predicted molar refractivity (Wildman–Crippen MR) is 96.7 cm³/mol. The molecule has 0 N–H and O–H groups in total. The van der Waals surface area contributed by atoms with E-state index in [-0.39, 0.29) is 12.1 Å². The summed E-state index contributed by atoms with van der Waals surface area (Å²) in [6.07, 6.45) is 2.94. The SMILES string of the molecule is CCc1ccc([C@H]2[C@H](c3ccccn3)N=C3S[C@@H](C)CN32)cc1. The molecule has 0 spiro atoms. The molecular formula is C19H21N3S. The number of benzene rings is 1. The average molecular weight is 323 g/mol. The normalized spacial score (nSPS) is 26.3. The number of hydrogen-bond donors (Lipinski definition) is 0. The summed E-state index contributed by atoms with van der Waals surface area (Å²) in [5.74, 6) is 0. The van der Waals surface area contributed by atoms with Crippen molar-refractivity contribution < 1.29 is 0 Å². The fraction of sp³-hybridized carbons (Fsp3) is 0.368. The van der Waals surface area contributed by atoms with Gasteiger partial charge in [-0.15, -0.1) is 0 Å². The van der Waals surface area contributed by atoms with E-state index in [2.05, 4.69) is 60.1 Å². The molecule has 0 amide bonds. The number of aromatic nitrogens is 1. The van der Waals surface area contributed by atoms with Gasteiger partial charge in [0.1, 0.15) is 6.04 Å². The van der Waals surface area contributed by atoms with Gasteiger partial charge in [-0.25, -0.2) is 0 Å². The van der Waals surface area contributed by atoms with E-state index < -0.39 is 0 Å². The van der Waals surface area contributed by atoms with Crippen LogP contribution in [0.25, 0.3) is 0 Å². The van der Waals surface area contributed by atoms with Crippen molar-refractivity contribution in [2.45, 2.75) is 37.6 Å². The lowest BCUT2D eigenvalue weighted by Gasteiger charge is -2.27. The summed E-state index contributed by atoms with van der Waals surface area (Å²) < 4.78 is 0. The number of amidine groups is 1. The number of thioether (sulfide) groups is 1. The van der Waals surface area contributed by atoms with Gasteiger partial charge in [0.25, 0.3) is 0 Å². The summed E-state index contributed by atoms with van der Waals surface area (Å²) in [7, 11) is 0. The first-order valence-electron chi connectivity index (χ1n) is 8.27. The third-order valence-corrected chi connectivity index (χ3v) is 5.71. The highest BCUT2D eigenvalue weighted by Gasteiger charge is 2.43. The Morgan fingerprint density at radius 3 is 2.70 bits per heavy atom. The topological polar surface area (TPSA) is 28.5 Å². The number of pyridine rings is 1. The van der Waals surface area contributed by atoms with Crippen LogP contribution in [-0.4, -0.2) is 26.8 Å². The van der Waals surface area contributed by atoms with Gasteiger partial charge in [0.05, 0.1) is 11.7 Å². The molecule has 2 aliphatic rings. The van der Waals surface area contributed by atoms with E-state index in [1.165, 1.54) is 16.3 Å². The molecule has 118 valence electrons. The Labute approximate surface area is 141 Å². The molecule has 3 heterocycles. The molecule has 0 aliphatic carbocycles. The zero-order valence-electron chi connectivity index (χ0n) is 13.5. The minimum atomic E-state index is 0.0960. The Bertz CT molecular complexity index is 711. The molecule has 0 saturated carbocycles. The predicted octanol–water partition coefficient (Wildman–Crippen LogP) is 4.23. The standard InChI is InChI=1S/C19H21N3S/c1-3-14-7-9-15(10-8-14)18-17(16-6-4-5-11-20-16)21-19-22(18)12-13(2)23-19/h4-11,13,17-18H,3,12H2,1-2H3/t13-,17-,18-/m0/s1. The van der Waals surface area contributed by atoms with E-state index in [0.29, 0.717) is 5.25 Å². The quantitative estimate of drug-likeness (QED) is 0.846. The number of aryl methyl sites for hydroxylation is 1. The molecule has 0 unspecified atom stereocenters. The molecule has 2 aromatic rings. The van der Waals surface area contributed by atoms with Crippen LogP contribution in [0.15, 0.2) is 53.7 Å². The zero-order chi connectivity index (χ0) is 15.8. The highest BCUT2D eigenvalue weighted by molar-refractivity contribution is 8.14. The monoisotopic (exact) mass is 323 g/mol. The second kappa shape index (κ2) is 6.00. The molecule has 0 bridgehead atoms. The first kappa shape index (κ1) is 14.8. The fourth-order valence-corrected chi connectivity index (χ4v) is 4.52. The number of rotatable bonds is 3. The van der Waals surface area contributed by atoms with Gasteiger partial charge in [-0.3, -0.25) is 9.98 Å². The molecule has 2 aliphatic heterocycles. The van der Waals surface area contributed by atoms with Crippen LogP contribution in [0.4, 0.5) is 0 Å². The summed E-state index contributed by atoms with van der Waals surface area (Å²) >= 11 is 1.89. The highest BCUT2D eigenvalue weighted by Crippen LogP contribution is 2.47. The fourth-order valence-electron chi connectivity index (χ4n) is 3.43. The van der Waals surface area contributed by atoms with Crippen LogP contribution in [0.5, 0.6) is 0 Å². The first-order valence-corrected chi connectivity index (χ1v) is 9.15. The van der Waals surface area contributed by atoms with Crippen molar-refractivity contribution in [3.8, 4) is 0 Å². The maximum Gasteiger partial charge on any atom is 0.160 e. The summed E-state index contributed by atoms with van der Waals surface area (Å²) in [6.45, 7) is 5.53. The van der Waals surface area contributed by atoms with Gasteiger partial charge >= 0.3 is 0 Å². The van der Waals surface area contributed by atoms with E-state index in [1.54, 1.807) is 0 Å². The Hall–Kier alpha value is -1.81. The van der Waals surface area contributed by atoms with Crippen LogP contribution in [-0.2, 0) is 6.42 Å². The van der Waals surface area contributed by atoms with Gasteiger partial charge in [-0.1, -0.05) is 55.9 Å². The van der Waals surface area contributed by atoms with E-state index in [4.69, 9.17) is 4.99 Å². The van der Waals surface area contributed by atoms with E-state index in [0.717, 1.165) is 18.7 Å². The maximum absolute atomic E-state index is 5.01. The molecule has 1 aromatic carbocycles. The van der Waals surface area contributed by atoms with Crippen molar-refractivity contribution in [2.75, 3.05) is 6.54 Å². The van der Waals surface area contributed by atoms with Crippen LogP contribution in [0, 0.1) is 0 Å². The molecule has 0 radical (unpaired) electrons. The Morgan fingerprint density at radius 2 is 2.00 bits per heavy atom. The van der Waals surface area contributed by atoms with Gasteiger partial charge in [-0.05, 0) is 29.7 Å². The minimum Gasteiger partial charge on any atom is -0.341 e. The third-order valence-electron chi connectivity index (χ3n) is 4.61. The number of hydrogen-bond acceptors (Lipinski definition) is 4. The Kier molecular flexibility index (Phi) is 3.85. The second-order valence-corrected chi connectivity index (χ2v) is 7.64. The molecule has 3 atom stereocenters. The molecule has 3 nitrogen and oxygen atoms in total. The average Bonchev–Trinajstić information content (AvgIpc) is 3.11. The molecule has 4 rings (SSSR count). The summed E-state index contributed by atoms with van der Waals surface area (Å²) in [5, 5.41) is 1.79. The van der Waals surface area contributed by atoms with Gasteiger partial charge in [-0.2, -0.15) is 0 Å². The molecule has 23 heavy (non-hydrogen) atoms. The van der Waals surface area contributed by atoms with Crippen LogP contribution < -0.4 is 0 Å². The zero-order valence-corrected chi connectivity index (χ0v) is 14.3. The molecule has 1 aromatic heterocycles. The highest BCUT2D eigenvalue weighted by atomic mass is 32.2. The van der Waals surface area contributed by atoms with Crippen LogP contribution >= 0.6 is 11.8 Å². The first-order chi connectivity index (χ1) is 11.3. The summed E-state index contributed by atoms with van der Waals surface area (Å²) in [6, 6.07) is 15.5. The largest absolute Gasteiger partial charge is 0.341 e. The van der Waals surface area contributed by atoms with Crippen LogP contribution in [0.2, 0.25) is 0 Å². The number of aliphatic imine (C=N–C) groups is 1. The second-order valence-electron chi connectivity index (χ2n) is 6.23. The van der Waals surface area contributed by atoms with E-state index in [1.807, 2.05) is 24.0 Å². The lowest BCUT2D eigenvalue weighted by atomic mass is 9.95. The van der Waals surface area contributed by atoms with Crippen molar-refractivity contribution in [2.24, 2.45) is 4.99 Å². The molecular weight excluding hydrogens is 302 g/mol. The van der Waals surface area contributed by atoms with Crippen LogP contribution in [0.3, 0.4) is 0 Å². The number of nitrogens with zero attached hydrogens (tertiary/aromatic N) is 3. The van der Waals surface area contributed by atoms with Gasteiger partial charge in [0, 0.05) is 18.0 Å². The Balaban J connectivity index is 1.74. The van der Waals surface area contributed by atoms with E-state index >= 15 is 0 Å². The molecule has 4 heteroatoms. The van der Waals surface area contributed by atoms with Crippen molar-refractivity contribution in [1.29, 1.82) is 0 Å². The van der Waals surface area contributed by atoms with Crippen molar-refractivity contribution in [1.82, 2.24) is 9.88 Å². The van der Waals surface area contributed by atoms with Crippen molar-refractivity contribution in [3.05, 3.63) is 65.5 Å². The van der Waals surface area contributed by atoms with Gasteiger partial charge in [0.2, 0.25) is 0 Å². The van der Waals surface area contributed by atoms with Crippen LogP contribution in [0.1, 0.15) is 42.8 Å². The summed E-state index contributed by atoms with van der Waals surface area (Å²) in [5.41, 5.74) is 3.78. The maximum atomic E-state index is 5.01.